The Hall–Kier alpha value is -1.83. The normalized spacial score (nSPS) is 12.2. The fourth-order valence-corrected chi connectivity index (χ4v) is 3.20. The Morgan fingerprint density at radius 2 is 2.24 bits per heavy atom. The number of aliphatic hydroxyl groups excluding tert-OH is 1. The van der Waals surface area contributed by atoms with Crippen molar-refractivity contribution < 1.29 is 14.6 Å². The molecule has 0 aliphatic rings. The number of hydrogen-bond donors (Lipinski definition) is 2. The zero-order valence-electron chi connectivity index (χ0n) is 14.9. The van der Waals surface area contributed by atoms with E-state index in [1.807, 2.05) is 10.8 Å². The monoisotopic (exact) mass is 363 g/mol. The number of amides is 1. The summed E-state index contributed by atoms with van der Waals surface area (Å²) in [5.74, 6) is 0.112. The Balaban J connectivity index is 1.99. The van der Waals surface area contributed by atoms with Crippen LogP contribution in [0.25, 0.3) is 5.69 Å². The Bertz CT molecular complexity index is 703. The summed E-state index contributed by atoms with van der Waals surface area (Å²) in [6.07, 6.45) is 4.22. The largest absolute Gasteiger partial charge is 0.394 e. The SMILES string of the molecule is COCC[C@H](CO)NC(=O)CSc1nccn1-c1cc(C)ccc1C. The van der Waals surface area contributed by atoms with Crippen LogP contribution in [-0.2, 0) is 9.53 Å². The van der Waals surface area contributed by atoms with Crippen molar-refractivity contribution in [3.8, 4) is 5.69 Å². The number of aliphatic hydroxyl groups is 1. The highest BCUT2D eigenvalue weighted by Gasteiger charge is 2.14. The zero-order valence-corrected chi connectivity index (χ0v) is 15.7. The molecule has 2 aromatic rings. The fraction of sp³-hybridized carbons (Fsp3) is 0.444. The lowest BCUT2D eigenvalue weighted by atomic mass is 10.1. The summed E-state index contributed by atoms with van der Waals surface area (Å²) < 4.78 is 6.97. The maximum absolute atomic E-state index is 12.1. The number of carbonyl (C=O) groups excluding carboxylic acids is 1. The third-order valence-corrected chi connectivity index (χ3v) is 4.79. The van der Waals surface area contributed by atoms with Crippen molar-refractivity contribution in [1.82, 2.24) is 14.9 Å². The second-order valence-electron chi connectivity index (χ2n) is 5.89. The van der Waals surface area contributed by atoms with Crippen LogP contribution in [0.5, 0.6) is 0 Å². The van der Waals surface area contributed by atoms with Gasteiger partial charge in [-0.05, 0) is 37.5 Å². The number of benzene rings is 1. The predicted octanol–water partition coefficient (Wildman–Crippen LogP) is 2.09. The van der Waals surface area contributed by atoms with Crippen molar-refractivity contribution in [3.63, 3.8) is 0 Å². The number of imidazole rings is 1. The van der Waals surface area contributed by atoms with E-state index < -0.39 is 0 Å². The highest BCUT2D eigenvalue weighted by Crippen LogP contribution is 2.23. The van der Waals surface area contributed by atoms with Gasteiger partial charge in [0.05, 0.1) is 24.1 Å². The number of rotatable bonds is 9. The zero-order chi connectivity index (χ0) is 18.2. The highest BCUT2D eigenvalue weighted by molar-refractivity contribution is 7.99. The summed E-state index contributed by atoms with van der Waals surface area (Å²) in [7, 11) is 1.60. The predicted molar refractivity (Wildman–Crippen MR) is 99.3 cm³/mol. The minimum Gasteiger partial charge on any atom is -0.394 e. The van der Waals surface area contributed by atoms with E-state index in [-0.39, 0.29) is 24.3 Å². The lowest BCUT2D eigenvalue weighted by Gasteiger charge is -2.16. The molecule has 0 radical (unpaired) electrons. The number of nitrogens with zero attached hydrogens (tertiary/aromatic N) is 2. The Kier molecular flexibility index (Phi) is 7.49. The smallest absolute Gasteiger partial charge is 0.230 e. The van der Waals surface area contributed by atoms with Crippen LogP contribution in [0.15, 0.2) is 35.7 Å². The van der Waals surface area contributed by atoms with Crippen LogP contribution >= 0.6 is 11.8 Å². The first-order valence-electron chi connectivity index (χ1n) is 8.18. The number of nitrogens with one attached hydrogen (secondary N) is 1. The van der Waals surface area contributed by atoms with Gasteiger partial charge in [0.25, 0.3) is 0 Å². The molecule has 136 valence electrons. The van der Waals surface area contributed by atoms with Crippen molar-refractivity contribution in [2.75, 3.05) is 26.1 Å². The maximum Gasteiger partial charge on any atom is 0.230 e. The molecule has 1 atom stereocenters. The summed E-state index contributed by atoms with van der Waals surface area (Å²) in [6.45, 7) is 4.50. The van der Waals surface area contributed by atoms with Crippen LogP contribution < -0.4 is 5.32 Å². The maximum atomic E-state index is 12.1. The van der Waals surface area contributed by atoms with E-state index in [4.69, 9.17) is 4.74 Å². The summed E-state index contributed by atoms with van der Waals surface area (Å²) in [5.41, 5.74) is 3.38. The van der Waals surface area contributed by atoms with Crippen molar-refractivity contribution in [2.24, 2.45) is 0 Å². The molecule has 0 aliphatic heterocycles. The molecule has 1 amide bonds. The molecule has 1 aromatic heterocycles. The first kappa shape index (κ1) is 19.5. The molecule has 0 aliphatic carbocycles. The second kappa shape index (κ2) is 9.60. The third-order valence-electron chi connectivity index (χ3n) is 3.82. The first-order chi connectivity index (χ1) is 12.0. The van der Waals surface area contributed by atoms with Gasteiger partial charge in [-0.25, -0.2) is 4.98 Å². The van der Waals surface area contributed by atoms with Gasteiger partial charge in [0.15, 0.2) is 5.16 Å². The average molecular weight is 363 g/mol. The second-order valence-corrected chi connectivity index (χ2v) is 6.83. The molecular formula is C18H25N3O3S. The first-order valence-corrected chi connectivity index (χ1v) is 9.16. The van der Waals surface area contributed by atoms with Crippen molar-refractivity contribution >= 4 is 17.7 Å². The van der Waals surface area contributed by atoms with Crippen LogP contribution in [-0.4, -0.2) is 52.7 Å². The molecule has 25 heavy (non-hydrogen) atoms. The van der Waals surface area contributed by atoms with Crippen LogP contribution in [0.1, 0.15) is 17.5 Å². The number of aryl methyl sites for hydroxylation is 2. The molecule has 6 nitrogen and oxygen atoms in total. The molecule has 2 N–H and O–H groups in total. The minimum atomic E-state index is -0.285. The Morgan fingerprint density at radius 1 is 1.44 bits per heavy atom. The van der Waals surface area contributed by atoms with E-state index in [9.17, 15) is 9.90 Å². The average Bonchev–Trinajstić information content (AvgIpc) is 3.07. The Morgan fingerprint density at radius 3 is 2.96 bits per heavy atom. The number of carbonyl (C=O) groups is 1. The molecule has 2 rings (SSSR count). The molecule has 7 heteroatoms. The van der Waals surface area contributed by atoms with E-state index in [0.717, 1.165) is 16.4 Å². The molecule has 0 bridgehead atoms. The lowest BCUT2D eigenvalue weighted by Crippen LogP contribution is -2.39. The highest BCUT2D eigenvalue weighted by atomic mass is 32.2. The van der Waals surface area contributed by atoms with E-state index >= 15 is 0 Å². The summed E-state index contributed by atoms with van der Waals surface area (Å²) >= 11 is 1.37. The lowest BCUT2D eigenvalue weighted by molar-refractivity contribution is -0.119. The van der Waals surface area contributed by atoms with E-state index in [1.165, 1.54) is 17.3 Å². The van der Waals surface area contributed by atoms with Gasteiger partial charge in [0.1, 0.15) is 0 Å². The molecular weight excluding hydrogens is 338 g/mol. The summed E-state index contributed by atoms with van der Waals surface area (Å²) in [6, 6.07) is 5.97. The van der Waals surface area contributed by atoms with Gasteiger partial charge < -0.3 is 15.2 Å². The van der Waals surface area contributed by atoms with Crippen molar-refractivity contribution in [1.29, 1.82) is 0 Å². The topological polar surface area (TPSA) is 76.4 Å². The van der Waals surface area contributed by atoms with E-state index in [0.29, 0.717) is 13.0 Å². The van der Waals surface area contributed by atoms with Crippen LogP contribution in [0.4, 0.5) is 0 Å². The van der Waals surface area contributed by atoms with Crippen LogP contribution in [0, 0.1) is 13.8 Å². The molecule has 1 heterocycles. The molecule has 0 saturated carbocycles. The number of ether oxygens (including phenoxy) is 1. The summed E-state index contributed by atoms with van der Waals surface area (Å²) in [4.78, 5) is 16.5. The standard InChI is InChI=1S/C18H25N3O3S/c1-13-4-5-14(2)16(10-13)21-8-7-19-18(21)25-12-17(23)20-15(11-22)6-9-24-3/h4-5,7-8,10,15,22H,6,9,11-12H2,1-3H3,(H,20,23)/t15-/m1/s1. The van der Waals surface area contributed by atoms with Gasteiger partial charge in [-0.2, -0.15) is 0 Å². The third kappa shape index (κ3) is 5.59. The van der Waals surface area contributed by atoms with E-state index in [2.05, 4.69) is 42.3 Å². The summed E-state index contributed by atoms with van der Waals surface area (Å²) in [5, 5.41) is 12.9. The van der Waals surface area contributed by atoms with Crippen molar-refractivity contribution in [2.45, 2.75) is 31.5 Å². The molecule has 0 fully saturated rings. The quantitative estimate of drug-likeness (QED) is 0.667. The van der Waals surface area contributed by atoms with Crippen LogP contribution in [0.3, 0.4) is 0 Å². The van der Waals surface area contributed by atoms with Gasteiger partial charge in [-0.1, -0.05) is 23.9 Å². The molecule has 0 unspecified atom stereocenters. The number of thioether (sulfide) groups is 1. The van der Waals surface area contributed by atoms with Gasteiger partial charge in [-0.3, -0.25) is 9.36 Å². The fourth-order valence-electron chi connectivity index (χ4n) is 2.43. The van der Waals surface area contributed by atoms with Crippen molar-refractivity contribution in [3.05, 3.63) is 41.7 Å². The van der Waals surface area contributed by atoms with Gasteiger partial charge in [-0.15, -0.1) is 0 Å². The van der Waals surface area contributed by atoms with Gasteiger partial charge in [0, 0.05) is 26.1 Å². The van der Waals surface area contributed by atoms with Crippen LogP contribution in [0.2, 0.25) is 0 Å². The molecule has 0 spiro atoms. The van der Waals surface area contributed by atoms with Gasteiger partial charge >= 0.3 is 0 Å². The molecule has 0 saturated heterocycles. The minimum absolute atomic E-state index is 0.100. The molecule has 1 aromatic carbocycles. The van der Waals surface area contributed by atoms with Gasteiger partial charge in [0.2, 0.25) is 5.91 Å². The Labute approximate surface area is 152 Å². The number of aromatic nitrogens is 2. The van der Waals surface area contributed by atoms with E-state index in [1.54, 1.807) is 13.3 Å². The number of hydrogen-bond acceptors (Lipinski definition) is 5. The number of methoxy groups -OCH3 is 1.